The van der Waals surface area contributed by atoms with E-state index < -0.39 is 5.97 Å². The maximum atomic E-state index is 11.0. The van der Waals surface area contributed by atoms with Crippen molar-refractivity contribution >= 4 is 11.7 Å². The van der Waals surface area contributed by atoms with Crippen LogP contribution in [0.15, 0.2) is 36.4 Å². The van der Waals surface area contributed by atoms with Crippen LogP contribution >= 0.6 is 0 Å². The van der Waals surface area contributed by atoms with Gasteiger partial charge in [0.25, 0.3) is 0 Å². The number of aromatic nitrogens is 1. The summed E-state index contributed by atoms with van der Waals surface area (Å²) in [4.78, 5) is 11.0. The van der Waals surface area contributed by atoms with E-state index in [4.69, 9.17) is 10.8 Å². The summed E-state index contributed by atoms with van der Waals surface area (Å²) in [5.74, 6) is -0.915. The number of carbonyl (C=O) groups is 1. The zero-order valence-corrected chi connectivity index (χ0v) is 9.55. The van der Waals surface area contributed by atoms with Gasteiger partial charge in [-0.15, -0.1) is 0 Å². The number of hydrogen-bond donors (Lipinski definition) is 2. The van der Waals surface area contributed by atoms with Crippen molar-refractivity contribution in [1.29, 1.82) is 0 Å². The van der Waals surface area contributed by atoms with Gasteiger partial charge in [-0.2, -0.15) is 0 Å². The molecule has 0 unspecified atom stereocenters. The maximum Gasteiger partial charge on any atom is 0.352 e. The first-order valence-electron chi connectivity index (χ1n) is 5.42. The van der Waals surface area contributed by atoms with Gasteiger partial charge in [-0.05, 0) is 31.2 Å². The summed E-state index contributed by atoms with van der Waals surface area (Å²) in [5, 5.41) is 9.07. The Kier molecular flexibility index (Phi) is 2.87. The first-order valence-corrected chi connectivity index (χ1v) is 5.42. The monoisotopic (exact) mass is 230 g/mol. The highest BCUT2D eigenvalue weighted by atomic mass is 16.4. The van der Waals surface area contributed by atoms with E-state index in [-0.39, 0.29) is 0 Å². The molecule has 0 saturated carbocycles. The van der Waals surface area contributed by atoms with E-state index >= 15 is 0 Å². The first-order chi connectivity index (χ1) is 8.13. The second kappa shape index (κ2) is 4.33. The number of carboxylic acid groups (broad SMARTS) is 1. The van der Waals surface area contributed by atoms with Gasteiger partial charge in [-0.25, -0.2) is 4.79 Å². The molecule has 0 radical (unpaired) electrons. The van der Waals surface area contributed by atoms with E-state index in [9.17, 15) is 4.79 Å². The minimum atomic E-state index is -0.915. The summed E-state index contributed by atoms with van der Waals surface area (Å²) >= 11 is 0. The van der Waals surface area contributed by atoms with Crippen molar-refractivity contribution in [2.24, 2.45) is 0 Å². The number of carboxylic acids is 1. The molecule has 88 valence electrons. The van der Waals surface area contributed by atoms with E-state index in [1.165, 1.54) is 0 Å². The van der Waals surface area contributed by atoms with Gasteiger partial charge in [0, 0.05) is 23.5 Å². The first kappa shape index (κ1) is 11.3. The molecule has 1 aromatic heterocycles. The number of aromatic carboxylic acids is 1. The number of nitrogens with zero attached hydrogens (tertiary/aromatic N) is 1. The number of rotatable bonds is 3. The molecule has 1 aromatic carbocycles. The lowest BCUT2D eigenvalue weighted by Crippen LogP contribution is -2.08. The lowest BCUT2D eigenvalue weighted by Gasteiger charge is -2.09. The highest BCUT2D eigenvalue weighted by Crippen LogP contribution is 2.24. The van der Waals surface area contributed by atoms with Crippen LogP contribution < -0.4 is 5.73 Å². The van der Waals surface area contributed by atoms with Gasteiger partial charge in [-0.3, -0.25) is 0 Å². The lowest BCUT2D eigenvalue weighted by molar-refractivity contribution is 0.0685. The fraction of sp³-hybridized carbons (Fsp3) is 0.154. The highest BCUT2D eigenvalue weighted by molar-refractivity contribution is 5.87. The van der Waals surface area contributed by atoms with E-state index in [2.05, 4.69) is 0 Å². The summed E-state index contributed by atoms with van der Waals surface area (Å²) in [5.41, 5.74) is 8.50. The molecule has 0 amide bonds. The van der Waals surface area contributed by atoms with Crippen LogP contribution in [0.3, 0.4) is 0 Å². The van der Waals surface area contributed by atoms with E-state index in [1.807, 2.05) is 31.2 Å². The average molecular weight is 230 g/mol. The van der Waals surface area contributed by atoms with Crippen molar-refractivity contribution in [3.63, 3.8) is 0 Å². The van der Waals surface area contributed by atoms with Crippen molar-refractivity contribution in [2.75, 3.05) is 5.73 Å². The van der Waals surface area contributed by atoms with Crippen LogP contribution in [0.2, 0.25) is 0 Å². The van der Waals surface area contributed by atoms with Crippen LogP contribution in [-0.4, -0.2) is 15.6 Å². The second-order valence-electron chi connectivity index (χ2n) is 3.78. The average Bonchev–Trinajstić information content (AvgIpc) is 2.72. The Bertz CT molecular complexity index is 558. The summed E-state index contributed by atoms with van der Waals surface area (Å²) < 4.78 is 1.76. The Morgan fingerprint density at radius 3 is 2.71 bits per heavy atom. The molecule has 3 N–H and O–H groups in total. The van der Waals surface area contributed by atoms with Crippen molar-refractivity contribution in [3.8, 4) is 11.3 Å². The van der Waals surface area contributed by atoms with Gasteiger partial charge < -0.3 is 15.4 Å². The van der Waals surface area contributed by atoms with Crippen LogP contribution in [0.4, 0.5) is 5.69 Å². The zero-order chi connectivity index (χ0) is 12.4. The normalized spacial score (nSPS) is 10.4. The third kappa shape index (κ3) is 2.01. The second-order valence-corrected chi connectivity index (χ2v) is 3.78. The molecule has 4 nitrogen and oxygen atoms in total. The quantitative estimate of drug-likeness (QED) is 0.796. The van der Waals surface area contributed by atoms with E-state index in [0.29, 0.717) is 17.9 Å². The molecule has 4 heteroatoms. The summed E-state index contributed by atoms with van der Waals surface area (Å²) in [6.07, 6.45) is 0. The number of benzene rings is 1. The van der Waals surface area contributed by atoms with Gasteiger partial charge in [0.1, 0.15) is 5.69 Å². The summed E-state index contributed by atoms with van der Waals surface area (Å²) in [6.45, 7) is 2.53. The largest absolute Gasteiger partial charge is 0.477 e. The highest BCUT2D eigenvalue weighted by Gasteiger charge is 2.13. The fourth-order valence-electron chi connectivity index (χ4n) is 1.95. The number of hydrogen-bond acceptors (Lipinski definition) is 2. The minimum absolute atomic E-state index is 0.296. The molecule has 0 aliphatic heterocycles. The standard InChI is InChI=1S/C13H14N2O2/c1-2-15-11(6-7-12(15)13(16)17)9-4-3-5-10(14)8-9/h3-8H,2,14H2,1H3,(H,16,17). The Labute approximate surface area is 99.3 Å². The van der Waals surface area contributed by atoms with Crippen LogP contribution in [0.5, 0.6) is 0 Å². The van der Waals surface area contributed by atoms with Crippen LogP contribution in [-0.2, 0) is 6.54 Å². The van der Waals surface area contributed by atoms with E-state index in [1.54, 1.807) is 16.7 Å². The van der Waals surface area contributed by atoms with Crippen LogP contribution in [0.1, 0.15) is 17.4 Å². The van der Waals surface area contributed by atoms with Gasteiger partial charge in [-0.1, -0.05) is 12.1 Å². The fourth-order valence-corrected chi connectivity index (χ4v) is 1.95. The smallest absolute Gasteiger partial charge is 0.352 e. The molecule has 0 spiro atoms. The van der Waals surface area contributed by atoms with Crippen molar-refractivity contribution in [1.82, 2.24) is 4.57 Å². The Morgan fingerprint density at radius 2 is 2.12 bits per heavy atom. The molecular formula is C13H14N2O2. The molecule has 0 aliphatic carbocycles. The SMILES string of the molecule is CCn1c(C(=O)O)ccc1-c1cccc(N)c1. The molecule has 0 fully saturated rings. The molecule has 2 aromatic rings. The predicted molar refractivity (Wildman–Crippen MR) is 66.9 cm³/mol. The van der Waals surface area contributed by atoms with Crippen molar-refractivity contribution in [3.05, 3.63) is 42.1 Å². The van der Waals surface area contributed by atoms with E-state index in [0.717, 1.165) is 11.3 Å². The number of anilines is 1. The molecule has 17 heavy (non-hydrogen) atoms. The molecule has 0 saturated heterocycles. The van der Waals surface area contributed by atoms with Gasteiger partial charge >= 0.3 is 5.97 Å². The number of nitrogen functional groups attached to an aromatic ring is 1. The minimum Gasteiger partial charge on any atom is -0.477 e. The predicted octanol–water partition coefficient (Wildman–Crippen LogP) is 2.46. The van der Waals surface area contributed by atoms with Crippen LogP contribution in [0.25, 0.3) is 11.3 Å². The zero-order valence-electron chi connectivity index (χ0n) is 9.55. The molecular weight excluding hydrogens is 216 g/mol. The van der Waals surface area contributed by atoms with Crippen LogP contribution in [0, 0.1) is 0 Å². The van der Waals surface area contributed by atoms with Crippen molar-refractivity contribution in [2.45, 2.75) is 13.5 Å². The summed E-state index contributed by atoms with van der Waals surface area (Å²) in [7, 11) is 0. The Morgan fingerprint density at radius 1 is 1.35 bits per heavy atom. The third-order valence-corrected chi connectivity index (χ3v) is 2.70. The van der Waals surface area contributed by atoms with Gasteiger partial charge in [0.15, 0.2) is 0 Å². The molecule has 1 heterocycles. The lowest BCUT2D eigenvalue weighted by atomic mass is 10.1. The molecule has 0 bridgehead atoms. The van der Waals surface area contributed by atoms with Gasteiger partial charge in [0.05, 0.1) is 0 Å². The Balaban J connectivity index is 2.56. The Hall–Kier alpha value is -2.23. The molecule has 0 aliphatic rings. The summed E-state index contributed by atoms with van der Waals surface area (Å²) in [6, 6.07) is 10.8. The van der Waals surface area contributed by atoms with Gasteiger partial charge in [0.2, 0.25) is 0 Å². The maximum absolute atomic E-state index is 11.0. The molecule has 0 atom stereocenters. The topological polar surface area (TPSA) is 68.2 Å². The van der Waals surface area contributed by atoms with Crippen molar-refractivity contribution < 1.29 is 9.90 Å². The number of nitrogens with two attached hydrogens (primary N) is 1. The molecule has 2 rings (SSSR count). The third-order valence-electron chi connectivity index (χ3n) is 2.70.